The Bertz CT molecular complexity index is 1010. The predicted octanol–water partition coefficient (Wildman–Crippen LogP) is 4.28. The summed E-state index contributed by atoms with van der Waals surface area (Å²) in [6.07, 6.45) is 6.09. The second-order valence-corrected chi connectivity index (χ2v) is 12.3. The lowest BCUT2D eigenvalue weighted by molar-refractivity contribution is -0.146. The van der Waals surface area contributed by atoms with E-state index in [1.165, 1.54) is 24.8 Å². The molecule has 2 aromatic rings. The highest BCUT2D eigenvalue weighted by Crippen LogP contribution is 2.52. The number of nitrogens with zero attached hydrogens (tertiary/aromatic N) is 4. The van der Waals surface area contributed by atoms with Crippen molar-refractivity contribution in [2.24, 2.45) is 5.41 Å². The molecule has 2 aliphatic carbocycles. The van der Waals surface area contributed by atoms with Gasteiger partial charge in [-0.3, -0.25) is 4.90 Å². The maximum atomic E-state index is 14.2. The number of piperidine rings is 1. The zero-order chi connectivity index (χ0) is 23.3. The van der Waals surface area contributed by atoms with Crippen molar-refractivity contribution in [2.45, 2.75) is 82.3 Å². The van der Waals surface area contributed by atoms with E-state index < -0.39 is 11.9 Å². The van der Waals surface area contributed by atoms with E-state index >= 15 is 0 Å². The van der Waals surface area contributed by atoms with Gasteiger partial charge in [0.1, 0.15) is 23.6 Å². The van der Waals surface area contributed by atoms with Crippen molar-refractivity contribution in [1.82, 2.24) is 20.0 Å². The highest BCUT2D eigenvalue weighted by atomic mass is 32.1. The predicted molar refractivity (Wildman–Crippen MR) is 130 cm³/mol. The van der Waals surface area contributed by atoms with Gasteiger partial charge in [0.05, 0.1) is 0 Å². The van der Waals surface area contributed by atoms with Crippen molar-refractivity contribution in [3.05, 3.63) is 39.8 Å². The van der Waals surface area contributed by atoms with Crippen LogP contribution < -0.4 is 4.74 Å². The van der Waals surface area contributed by atoms with E-state index in [9.17, 15) is 9.50 Å². The summed E-state index contributed by atoms with van der Waals surface area (Å²) in [5.74, 6) is 1.50. The van der Waals surface area contributed by atoms with Gasteiger partial charge in [0.25, 0.3) is 0 Å². The standard InChI is InChI=1S/C26H35FN4O2S/c1-18-28-29-23(34-18)15-33-22-5-3-2-4-21(22)19-7-12-30(13-8-19)20-6-9-25(14-20)16-31(17-25)24(32)26(27)10-11-26/h2-5,19-20,24,32H,6-17H2,1H3/t20-,24?/m1/s1. The molecule has 2 saturated heterocycles. The summed E-state index contributed by atoms with van der Waals surface area (Å²) in [7, 11) is 0. The second-order valence-electron chi connectivity index (χ2n) is 11.1. The van der Waals surface area contributed by atoms with Gasteiger partial charge in [0.2, 0.25) is 0 Å². The molecule has 4 aliphatic rings. The molecule has 1 aromatic carbocycles. The molecule has 2 saturated carbocycles. The first-order valence-corrected chi connectivity index (χ1v) is 13.6. The molecule has 34 heavy (non-hydrogen) atoms. The number of aryl methyl sites for hydroxylation is 1. The smallest absolute Gasteiger partial charge is 0.155 e. The number of halogens is 1. The molecule has 1 N–H and O–H groups in total. The fraction of sp³-hybridized carbons (Fsp3) is 0.692. The minimum Gasteiger partial charge on any atom is -0.486 e. The number of hydrogen-bond donors (Lipinski definition) is 1. The normalized spacial score (nSPS) is 27.6. The summed E-state index contributed by atoms with van der Waals surface area (Å²) in [4.78, 5) is 4.66. The summed E-state index contributed by atoms with van der Waals surface area (Å²) in [5.41, 5.74) is 0.296. The van der Waals surface area contributed by atoms with Gasteiger partial charge in [0, 0.05) is 19.1 Å². The molecule has 1 aromatic heterocycles. The number of benzene rings is 1. The van der Waals surface area contributed by atoms with Crippen LogP contribution in [-0.4, -0.2) is 69.2 Å². The third-order valence-electron chi connectivity index (χ3n) is 8.61. The minimum absolute atomic E-state index is 0.303. The molecule has 1 unspecified atom stereocenters. The van der Waals surface area contributed by atoms with E-state index in [0.29, 0.717) is 36.8 Å². The number of ether oxygens (including phenoxy) is 1. The van der Waals surface area contributed by atoms with E-state index in [-0.39, 0.29) is 0 Å². The summed E-state index contributed by atoms with van der Waals surface area (Å²) in [6.45, 7) is 6.41. The number of aromatic nitrogens is 2. The monoisotopic (exact) mass is 486 g/mol. The topological polar surface area (TPSA) is 61.7 Å². The van der Waals surface area contributed by atoms with Crippen molar-refractivity contribution >= 4 is 11.3 Å². The van der Waals surface area contributed by atoms with Gasteiger partial charge in [-0.25, -0.2) is 4.39 Å². The van der Waals surface area contributed by atoms with Crippen molar-refractivity contribution in [3.8, 4) is 5.75 Å². The van der Waals surface area contributed by atoms with Crippen LogP contribution in [0.5, 0.6) is 5.75 Å². The van der Waals surface area contributed by atoms with Crippen LogP contribution in [0.2, 0.25) is 0 Å². The van der Waals surface area contributed by atoms with Gasteiger partial charge in [-0.15, -0.1) is 10.2 Å². The van der Waals surface area contributed by atoms with Crippen molar-refractivity contribution in [1.29, 1.82) is 0 Å². The highest BCUT2D eigenvalue weighted by Gasteiger charge is 2.58. The molecule has 6 nitrogen and oxygen atoms in total. The Hall–Kier alpha value is -1.61. The highest BCUT2D eigenvalue weighted by molar-refractivity contribution is 7.11. The lowest BCUT2D eigenvalue weighted by Crippen LogP contribution is -2.61. The molecule has 6 rings (SSSR count). The van der Waals surface area contributed by atoms with Crippen molar-refractivity contribution < 1.29 is 14.2 Å². The van der Waals surface area contributed by atoms with Crippen LogP contribution in [0.25, 0.3) is 0 Å². The molecule has 2 aliphatic heterocycles. The summed E-state index contributed by atoms with van der Waals surface area (Å²) < 4.78 is 20.4. The van der Waals surface area contributed by atoms with Crippen molar-refractivity contribution in [2.75, 3.05) is 26.2 Å². The van der Waals surface area contributed by atoms with Crippen LogP contribution in [-0.2, 0) is 6.61 Å². The first-order valence-electron chi connectivity index (χ1n) is 12.8. The molecular weight excluding hydrogens is 451 g/mol. The first-order chi connectivity index (χ1) is 16.4. The number of alkyl halides is 1. The Balaban J connectivity index is 1.01. The van der Waals surface area contributed by atoms with E-state index in [1.54, 1.807) is 11.3 Å². The quantitative estimate of drug-likeness (QED) is 0.630. The minimum atomic E-state index is -1.32. The van der Waals surface area contributed by atoms with Crippen LogP contribution in [0.15, 0.2) is 24.3 Å². The first kappa shape index (κ1) is 22.8. The average Bonchev–Trinajstić information content (AvgIpc) is 3.23. The van der Waals surface area contributed by atoms with Gasteiger partial charge >= 0.3 is 0 Å². The van der Waals surface area contributed by atoms with Gasteiger partial charge < -0.3 is 14.7 Å². The van der Waals surface area contributed by atoms with E-state index in [4.69, 9.17) is 4.74 Å². The van der Waals surface area contributed by atoms with Gasteiger partial charge in [-0.05, 0) is 87.9 Å². The largest absolute Gasteiger partial charge is 0.486 e. The molecule has 0 amide bonds. The Morgan fingerprint density at radius 1 is 1.15 bits per heavy atom. The number of likely N-dealkylation sites (tertiary alicyclic amines) is 2. The molecule has 0 bridgehead atoms. The van der Waals surface area contributed by atoms with E-state index in [2.05, 4.69) is 33.3 Å². The molecule has 8 heteroatoms. The van der Waals surface area contributed by atoms with E-state index in [1.807, 2.05) is 17.9 Å². The molecule has 1 spiro atoms. The number of aliphatic hydroxyl groups excluding tert-OH is 1. The van der Waals surface area contributed by atoms with Crippen LogP contribution in [0.3, 0.4) is 0 Å². The maximum Gasteiger partial charge on any atom is 0.155 e. The number of hydrogen-bond acceptors (Lipinski definition) is 7. The fourth-order valence-corrected chi connectivity index (χ4v) is 7.15. The lowest BCUT2D eigenvalue weighted by Gasteiger charge is -2.51. The Morgan fingerprint density at radius 3 is 2.62 bits per heavy atom. The van der Waals surface area contributed by atoms with Crippen LogP contribution in [0, 0.1) is 12.3 Å². The molecule has 2 atom stereocenters. The molecule has 0 radical (unpaired) electrons. The SMILES string of the molecule is Cc1nnc(COc2ccccc2C2CCN([C@@H]3CCC4(C3)CN(C(O)C3(F)CC3)C4)CC2)s1. The number of aliphatic hydroxyl groups is 1. The van der Waals surface area contributed by atoms with Crippen LogP contribution in [0.1, 0.15) is 66.4 Å². The Morgan fingerprint density at radius 2 is 1.91 bits per heavy atom. The van der Waals surface area contributed by atoms with Gasteiger partial charge in [-0.2, -0.15) is 0 Å². The van der Waals surface area contributed by atoms with Crippen LogP contribution in [0.4, 0.5) is 4.39 Å². The third kappa shape index (κ3) is 4.38. The molecule has 3 heterocycles. The number of para-hydroxylation sites is 1. The van der Waals surface area contributed by atoms with Crippen molar-refractivity contribution in [3.63, 3.8) is 0 Å². The van der Waals surface area contributed by atoms with E-state index in [0.717, 1.165) is 54.8 Å². The molecular formula is C26H35FN4O2S. The molecule has 4 fully saturated rings. The van der Waals surface area contributed by atoms with Crippen LogP contribution >= 0.6 is 11.3 Å². The number of rotatable bonds is 7. The third-order valence-corrected chi connectivity index (χ3v) is 9.43. The molecule has 184 valence electrons. The van der Waals surface area contributed by atoms with Gasteiger partial charge in [-0.1, -0.05) is 29.5 Å². The zero-order valence-corrected chi connectivity index (χ0v) is 20.8. The second kappa shape index (κ2) is 8.80. The lowest BCUT2D eigenvalue weighted by atomic mass is 9.77. The average molecular weight is 487 g/mol. The summed E-state index contributed by atoms with van der Waals surface area (Å²) in [6, 6.07) is 9.09. The zero-order valence-electron chi connectivity index (χ0n) is 20.0. The summed E-state index contributed by atoms with van der Waals surface area (Å²) in [5, 5.41) is 20.5. The van der Waals surface area contributed by atoms with Gasteiger partial charge in [0.15, 0.2) is 10.7 Å². The Kier molecular flexibility index (Phi) is 5.91. The summed E-state index contributed by atoms with van der Waals surface area (Å²) >= 11 is 1.59. The Labute approximate surface area is 205 Å². The maximum absolute atomic E-state index is 14.2. The fourth-order valence-electron chi connectivity index (χ4n) is 6.53.